The minimum atomic E-state index is -0.615. The van der Waals surface area contributed by atoms with Crippen molar-refractivity contribution in [2.45, 2.75) is 33.7 Å². The zero-order valence-corrected chi connectivity index (χ0v) is 22.1. The maximum Gasteiger partial charge on any atom is 0.338 e. The summed E-state index contributed by atoms with van der Waals surface area (Å²) >= 11 is 1.30. The second-order valence-corrected chi connectivity index (χ2v) is 9.32. The first kappa shape index (κ1) is 25.4. The van der Waals surface area contributed by atoms with E-state index in [1.165, 1.54) is 11.3 Å². The van der Waals surface area contributed by atoms with E-state index in [1.807, 2.05) is 54.6 Å². The third-order valence-electron chi connectivity index (χ3n) is 6.26. The Labute approximate surface area is 214 Å². The molecule has 36 heavy (non-hydrogen) atoms. The van der Waals surface area contributed by atoms with E-state index in [4.69, 9.17) is 9.47 Å². The third-order valence-corrected chi connectivity index (χ3v) is 7.25. The lowest BCUT2D eigenvalue weighted by molar-refractivity contribution is -0.139. The lowest BCUT2D eigenvalue weighted by Crippen LogP contribution is -2.39. The number of thiazole rings is 1. The van der Waals surface area contributed by atoms with E-state index in [-0.39, 0.29) is 12.2 Å². The molecule has 188 valence electrons. The minimum absolute atomic E-state index is 0.211. The molecule has 0 spiro atoms. The fourth-order valence-corrected chi connectivity index (χ4v) is 5.53. The highest BCUT2D eigenvalue weighted by molar-refractivity contribution is 7.07. The van der Waals surface area contributed by atoms with Gasteiger partial charge in [0.2, 0.25) is 0 Å². The molecule has 0 saturated heterocycles. The molecule has 0 N–H and O–H groups in total. The Kier molecular flexibility index (Phi) is 7.74. The van der Waals surface area contributed by atoms with Gasteiger partial charge in [-0.05, 0) is 51.5 Å². The van der Waals surface area contributed by atoms with Gasteiger partial charge in [-0.25, -0.2) is 9.79 Å². The number of carbonyl (C=O) groups excluding carboxylic acids is 1. The first-order valence-corrected chi connectivity index (χ1v) is 12.9. The number of esters is 1. The Morgan fingerprint density at radius 3 is 2.50 bits per heavy atom. The monoisotopic (exact) mass is 505 g/mol. The van der Waals surface area contributed by atoms with Gasteiger partial charge in [0.05, 0.1) is 35.6 Å². The summed E-state index contributed by atoms with van der Waals surface area (Å²) in [6, 6.07) is 14.9. The molecule has 2 aromatic carbocycles. The minimum Gasteiger partial charge on any atom is -0.496 e. The molecule has 1 unspecified atom stereocenters. The molecule has 0 bridgehead atoms. The SMILES string of the molecule is CCOC(=O)C1=C(C)N=c2sc(=Cc3ccc(N(CC)CC)cc3OC)c(=O)n2C1c1ccccc1. The molecule has 0 saturated carbocycles. The molecular weight excluding hydrogens is 474 g/mol. The van der Waals surface area contributed by atoms with Crippen molar-refractivity contribution >= 4 is 29.1 Å². The van der Waals surface area contributed by atoms with E-state index < -0.39 is 12.0 Å². The molecule has 0 radical (unpaired) electrons. The highest BCUT2D eigenvalue weighted by Crippen LogP contribution is 2.31. The van der Waals surface area contributed by atoms with Gasteiger partial charge >= 0.3 is 5.97 Å². The summed E-state index contributed by atoms with van der Waals surface area (Å²) in [6.45, 7) is 9.79. The van der Waals surface area contributed by atoms with Crippen LogP contribution in [-0.2, 0) is 9.53 Å². The molecule has 0 amide bonds. The summed E-state index contributed by atoms with van der Waals surface area (Å²) in [5.41, 5.74) is 3.41. The van der Waals surface area contributed by atoms with Crippen molar-refractivity contribution in [3.05, 3.63) is 90.6 Å². The van der Waals surface area contributed by atoms with Gasteiger partial charge in [-0.1, -0.05) is 41.7 Å². The number of nitrogens with zero attached hydrogens (tertiary/aromatic N) is 3. The normalized spacial score (nSPS) is 15.4. The fourth-order valence-electron chi connectivity index (χ4n) is 4.49. The van der Waals surface area contributed by atoms with Crippen LogP contribution in [0.3, 0.4) is 0 Å². The van der Waals surface area contributed by atoms with Crippen LogP contribution in [-0.4, -0.2) is 37.3 Å². The van der Waals surface area contributed by atoms with Crippen molar-refractivity contribution in [2.75, 3.05) is 31.7 Å². The van der Waals surface area contributed by atoms with E-state index in [0.717, 1.165) is 29.9 Å². The molecular formula is C28H31N3O4S. The van der Waals surface area contributed by atoms with Crippen LogP contribution in [0.2, 0.25) is 0 Å². The maximum atomic E-state index is 13.8. The van der Waals surface area contributed by atoms with Crippen molar-refractivity contribution in [1.82, 2.24) is 4.57 Å². The summed E-state index contributed by atoms with van der Waals surface area (Å²) < 4.78 is 13.1. The number of aromatic nitrogens is 1. The summed E-state index contributed by atoms with van der Waals surface area (Å²) in [4.78, 5) is 34.1. The Morgan fingerprint density at radius 2 is 1.86 bits per heavy atom. The zero-order valence-electron chi connectivity index (χ0n) is 21.3. The quantitative estimate of drug-likeness (QED) is 0.437. The number of anilines is 1. The van der Waals surface area contributed by atoms with Crippen LogP contribution in [0.15, 0.2) is 69.6 Å². The molecule has 4 rings (SSSR count). The van der Waals surface area contributed by atoms with E-state index >= 15 is 0 Å². The molecule has 2 heterocycles. The lowest BCUT2D eigenvalue weighted by atomic mass is 9.96. The fraction of sp³-hybridized carbons (Fsp3) is 0.321. The van der Waals surface area contributed by atoms with E-state index in [9.17, 15) is 9.59 Å². The number of allylic oxidation sites excluding steroid dienone is 1. The standard InChI is InChI=1S/C28H31N3O4S/c1-6-30(7-2)21-15-14-20(22(17-21)34-5)16-23-26(32)31-25(19-12-10-9-11-13-19)24(27(33)35-8-3)18(4)29-28(31)36-23/h9-17,25H,6-8H2,1-5H3. The van der Waals surface area contributed by atoms with Crippen molar-refractivity contribution < 1.29 is 14.3 Å². The zero-order chi connectivity index (χ0) is 25.8. The predicted molar refractivity (Wildman–Crippen MR) is 143 cm³/mol. The number of fused-ring (bicyclic) bond motifs is 1. The van der Waals surface area contributed by atoms with E-state index in [2.05, 4.69) is 23.7 Å². The van der Waals surface area contributed by atoms with Crippen LogP contribution in [0.4, 0.5) is 5.69 Å². The van der Waals surface area contributed by atoms with Crippen LogP contribution in [0, 0.1) is 0 Å². The van der Waals surface area contributed by atoms with Crippen molar-refractivity contribution in [3.63, 3.8) is 0 Å². The molecule has 7 nitrogen and oxygen atoms in total. The van der Waals surface area contributed by atoms with E-state index in [0.29, 0.717) is 26.4 Å². The largest absolute Gasteiger partial charge is 0.496 e. The highest BCUT2D eigenvalue weighted by atomic mass is 32.1. The Morgan fingerprint density at radius 1 is 1.14 bits per heavy atom. The van der Waals surface area contributed by atoms with Crippen LogP contribution < -0.4 is 24.5 Å². The van der Waals surface area contributed by atoms with E-state index in [1.54, 1.807) is 25.5 Å². The average molecular weight is 506 g/mol. The average Bonchev–Trinajstić information content (AvgIpc) is 3.19. The summed E-state index contributed by atoms with van der Waals surface area (Å²) in [5, 5.41) is 0. The van der Waals surface area contributed by atoms with Gasteiger partial charge < -0.3 is 14.4 Å². The van der Waals surface area contributed by atoms with Gasteiger partial charge in [0, 0.05) is 30.4 Å². The Hall–Kier alpha value is -3.65. The number of hydrogen-bond donors (Lipinski definition) is 0. The number of methoxy groups -OCH3 is 1. The van der Waals surface area contributed by atoms with Gasteiger partial charge in [-0.15, -0.1) is 0 Å². The molecule has 8 heteroatoms. The van der Waals surface area contributed by atoms with Crippen LogP contribution in [0.1, 0.15) is 44.9 Å². The molecule has 3 aromatic rings. The molecule has 1 aromatic heterocycles. The van der Waals surface area contributed by atoms with Crippen LogP contribution in [0.5, 0.6) is 5.75 Å². The smallest absolute Gasteiger partial charge is 0.338 e. The number of ether oxygens (including phenoxy) is 2. The van der Waals surface area contributed by atoms with Gasteiger partial charge in [0.15, 0.2) is 4.80 Å². The first-order valence-electron chi connectivity index (χ1n) is 12.1. The first-order chi connectivity index (χ1) is 17.4. The number of hydrogen-bond acceptors (Lipinski definition) is 7. The number of benzene rings is 2. The topological polar surface area (TPSA) is 73.1 Å². The van der Waals surface area contributed by atoms with Gasteiger partial charge in [-0.3, -0.25) is 9.36 Å². The predicted octanol–water partition coefficient (Wildman–Crippen LogP) is 3.65. The molecule has 0 aliphatic carbocycles. The maximum absolute atomic E-state index is 13.8. The third kappa shape index (κ3) is 4.73. The summed E-state index contributed by atoms with van der Waals surface area (Å²) in [6.07, 6.45) is 1.83. The molecule has 1 aliphatic rings. The summed E-state index contributed by atoms with van der Waals surface area (Å²) in [5.74, 6) is 0.226. The Bertz CT molecular complexity index is 1470. The Balaban J connectivity index is 1.89. The van der Waals surface area contributed by atoms with Crippen molar-refractivity contribution in [1.29, 1.82) is 0 Å². The molecule has 1 atom stereocenters. The summed E-state index contributed by atoms with van der Waals surface area (Å²) in [7, 11) is 1.63. The van der Waals surface area contributed by atoms with Crippen LogP contribution in [0.25, 0.3) is 6.08 Å². The van der Waals surface area contributed by atoms with Crippen LogP contribution >= 0.6 is 11.3 Å². The van der Waals surface area contributed by atoms with Gasteiger partial charge in [0.25, 0.3) is 5.56 Å². The van der Waals surface area contributed by atoms with Gasteiger partial charge in [0.1, 0.15) is 5.75 Å². The van der Waals surface area contributed by atoms with Crippen molar-refractivity contribution in [2.24, 2.45) is 4.99 Å². The van der Waals surface area contributed by atoms with Crippen molar-refractivity contribution in [3.8, 4) is 5.75 Å². The highest BCUT2D eigenvalue weighted by Gasteiger charge is 2.33. The second-order valence-electron chi connectivity index (χ2n) is 8.31. The second kappa shape index (κ2) is 11.0. The van der Waals surface area contributed by atoms with Gasteiger partial charge in [-0.2, -0.15) is 0 Å². The molecule has 1 aliphatic heterocycles. The number of rotatable bonds is 8. The lowest BCUT2D eigenvalue weighted by Gasteiger charge is -2.24. The number of carbonyl (C=O) groups is 1. The molecule has 0 fully saturated rings.